The first-order chi connectivity index (χ1) is 13.0. The lowest BCUT2D eigenvalue weighted by atomic mass is 9.97. The lowest BCUT2D eigenvalue weighted by Gasteiger charge is -2.30. The van der Waals surface area contributed by atoms with Crippen LogP contribution in [0.4, 0.5) is 10.5 Å². The monoisotopic (exact) mass is 365 g/mol. The van der Waals surface area contributed by atoms with Crippen molar-refractivity contribution in [2.45, 2.75) is 12.8 Å². The Labute approximate surface area is 156 Å². The molecule has 0 unspecified atom stereocenters. The molecule has 1 aliphatic rings. The third kappa shape index (κ3) is 4.76. The fourth-order valence-corrected chi connectivity index (χ4v) is 2.90. The first-order valence-electron chi connectivity index (χ1n) is 8.62. The third-order valence-corrected chi connectivity index (χ3v) is 4.44. The molecule has 7 heteroatoms. The standard InChI is InChI=1S/C20H19N3O4/c21-13-14-2-1-3-18(12-14)27-17-6-4-16(5-7-17)22-20(26)23-10-8-15(9-11-23)19(24)25/h1-7,12,15H,8-11H2,(H,22,26)(H,24,25). The van der Waals surface area contributed by atoms with Crippen LogP contribution >= 0.6 is 0 Å². The van der Waals surface area contributed by atoms with Gasteiger partial charge in [-0.1, -0.05) is 6.07 Å². The van der Waals surface area contributed by atoms with E-state index >= 15 is 0 Å². The van der Waals surface area contributed by atoms with Gasteiger partial charge in [0.25, 0.3) is 0 Å². The first kappa shape index (κ1) is 18.3. The fraction of sp³-hybridized carbons (Fsp3) is 0.250. The van der Waals surface area contributed by atoms with Crippen LogP contribution in [0.3, 0.4) is 0 Å². The average molecular weight is 365 g/mol. The molecule has 0 spiro atoms. The summed E-state index contributed by atoms with van der Waals surface area (Å²) in [6, 6.07) is 15.6. The van der Waals surface area contributed by atoms with Crippen molar-refractivity contribution in [2.24, 2.45) is 5.92 Å². The molecule has 2 N–H and O–H groups in total. The number of carbonyl (C=O) groups is 2. The molecule has 7 nitrogen and oxygen atoms in total. The van der Waals surface area contributed by atoms with Crippen LogP contribution < -0.4 is 10.1 Å². The molecule has 0 atom stereocenters. The third-order valence-electron chi connectivity index (χ3n) is 4.44. The maximum absolute atomic E-state index is 12.3. The van der Waals surface area contributed by atoms with E-state index in [2.05, 4.69) is 11.4 Å². The van der Waals surface area contributed by atoms with Crippen LogP contribution in [0, 0.1) is 17.2 Å². The topological polar surface area (TPSA) is 103 Å². The largest absolute Gasteiger partial charge is 0.481 e. The number of hydrogen-bond donors (Lipinski definition) is 2. The summed E-state index contributed by atoms with van der Waals surface area (Å²) in [6.45, 7) is 0.860. The summed E-state index contributed by atoms with van der Waals surface area (Å²) in [5.41, 5.74) is 1.14. The first-order valence-corrected chi connectivity index (χ1v) is 8.62. The minimum atomic E-state index is -0.800. The molecule has 0 radical (unpaired) electrons. The van der Waals surface area contributed by atoms with Gasteiger partial charge in [0.2, 0.25) is 0 Å². The van der Waals surface area contributed by atoms with Gasteiger partial charge in [0, 0.05) is 18.8 Å². The van der Waals surface area contributed by atoms with Crippen molar-refractivity contribution in [3.8, 4) is 17.6 Å². The molecule has 2 aromatic carbocycles. The molecule has 0 aliphatic carbocycles. The number of nitrogens with zero attached hydrogens (tertiary/aromatic N) is 2. The van der Waals surface area contributed by atoms with E-state index in [0.717, 1.165) is 0 Å². The number of likely N-dealkylation sites (tertiary alicyclic amines) is 1. The summed E-state index contributed by atoms with van der Waals surface area (Å²) in [4.78, 5) is 24.9. The molecule has 27 heavy (non-hydrogen) atoms. The van der Waals surface area contributed by atoms with Crippen molar-refractivity contribution in [2.75, 3.05) is 18.4 Å². The molecule has 0 saturated carbocycles. The molecule has 2 amide bonds. The smallest absolute Gasteiger partial charge is 0.321 e. The van der Waals surface area contributed by atoms with E-state index < -0.39 is 5.97 Å². The zero-order valence-corrected chi connectivity index (χ0v) is 14.6. The summed E-state index contributed by atoms with van der Waals surface area (Å²) >= 11 is 0. The SMILES string of the molecule is N#Cc1cccc(Oc2ccc(NC(=O)N3CCC(C(=O)O)CC3)cc2)c1. The number of anilines is 1. The Morgan fingerprint density at radius 2 is 1.81 bits per heavy atom. The number of hydrogen-bond acceptors (Lipinski definition) is 4. The van der Waals surface area contributed by atoms with Gasteiger partial charge in [-0.05, 0) is 55.3 Å². The van der Waals surface area contributed by atoms with Crippen molar-refractivity contribution in [1.29, 1.82) is 5.26 Å². The van der Waals surface area contributed by atoms with Crippen molar-refractivity contribution >= 4 is 17.7 Å². The summed E-state index contributed by atoms with van der Waals surface area (Å²) in [6.07, 6.45) is 0.939. The highest BCUT2D eigenvalue weighted by Crippen LogP contribution is 2.24. The predicted octanol–water partition coefficient (Wildman–Crippen LogP) is 3.68. The van der Waals surface area contributed by atoms with Crippen LogP contribution in [0.5, 0.6) is 11.5 Å². The molecule has 0 bridgehead atoms. The van der Waals surface area contributed by atoms with E-state index in [1.54, 1.807) is 53.4 Å². The second-order valence-electron chi connectivity index (χ2n) is 6.30. The number of urea groups is 1. The van der Waals surface area contributed by atoms with Gasteiger partial charge in [-0.2, -0.15) is 5.26 Å². The van der Waals surface area contributed by atoms with Crippen molar-refractivity contribution in [3.63, 3.8) is 0 Å². The highest BCUT2D eigenvalue weighted by molar-refractivity contribution is 5.89. The molecule has 138 valence electrons. The molecular formula is C20H19N3O4. The maximum Gasteiger partial charge on any atom is 0.321 e. The number of nitriles is 1. The van der Waals surface area contributed by atoms with Gasteiger partial charge in [0.1, 0.15) is 11.5 Å². The van der Waals surface area contributed by atoms with Gasteiger partial charge >= 0.3 is 12.0 Å². The molecule has 1 aliphatic heterocycles. The summed E-state index contributed by atoms with van der Waals surface area (Å²) in [7, 11) is 0. The minimum Gasteiger partial charge on any atom is -0.481 e. The normalized spacial score (nSPS) is 14.3. The fourth-order valence-electron chi connectivity index (χ4n) is 2.90. The number of aliphatic carboxylic acids is 1. The van der Waals surface area contributed by atoms with Gasteiger partial charge in [-0.15, -0.1) is 0 Å². The molecule has 1 fully saturated rings. The van der Waals surface area contributed by atoms with E-state index in [9.17, 15) is 9.59 Å². The van der Waals surface area contributed by atoms with Crippen molar-refractivity contribution < 1.29 is 19.4 Å². The van der Waals surface area contributed by atoms with E-state index in [4.69, 9.17) is 15.1 Å². The van der Waals surface area contributed by atoms with Gasteiger partial charge in [0.15, 0.2) is 0 Å². The Morgan fingerprint density at radius 1 is 1.11 bits per heavy atom. The average Bonchev–Trinajstić information content (AvgIpc) is 2.69. The highest BCUT2D eigenvalue weighted by Gasteiger charge is 2.26. The number of carboxylic acids is 1. The summed E-state index contributed by atoms with van der Waals surface area (Å²) in [5, 5.41) is 20.7. The highest BCUT2D eigenvalue weighted by atomic mass is 16.5. The second kappa shape index (κ2) is 8.23. The molecule has 1 heterocycles. The van der Waals surface area contributed by atoms with Gasteiger partial charge in [-0.25, -0.2) is 4.79 Å². The van der Waals surface area contributed by atoms with E-state index in [-0.39, 0.29) is 11.9 Å². The number of carboxylic acid groups (broad SMARTS) is 1. The van der Waals surface area contributed by atoms with Crippen LogP contribution in [0.1, 0.15) is 18.4 Å². The number of carbonyl (C=O) groups excluding carboxylic acids is 1. The van der Waals surface area contributed by atoms with Crippen LogP contribution in [0.15, 0.2) is 48.5 Å². The lowest BCUT2D eigenvalue weighted by Crippen LogP contribution is -2.42. The molecule has 1 saturated heterocycles. The van der Waals surface area contributed by atoms with Crippen molar-refractivity contribution in [1.82, 2.24) is 4.90 Å². The Bertz CT molecular complexity index is 866. The Balaban J connectivity index is 1.55. The number of rotatable bonds is 4. The predicted molar refractivity (Wildman–Crippen MR) is 98.6 cm³/mol. The Hall–Kier alpha value is -3.53. The maximum atomic E-state index is 12.3. The van der Waals surface area contributed by atoms with Crippen LogP contribution in [-0.4, -0.2) is 35.1 Å². The Morgan fingerprint density at radius 3 is 2.44 bits per heavy atom. The zero-order chi connectivity index (χ0) is 19.2. The summed E-state index contributed by atoms with van der Waals surface area (Å²) in [5.74, 6) is -0.0199. The van der Waals surface area contributed by atoms with Crippen LogP contribution in [0.2, 0.25) is 0 Å². The van der Waals surface area contributed by atoms with Gasteiger partial charge < -0.3 is 20.1 Å². The quantitative estimate of drug-likeness (QED) is 0.860. The minimum absolute atomic E-state index is 0.241. The second-order valence-corrected chi connectivity index (χ2v) is 6.30. The number of nitrogens with one attached hydrogen (secondary N) is 1. The van der Waals surface area contributed by atoms with Crippen LogP contribution in [-0.2, 0) is 4.79 Å². The molecule has 2 aromatic rings. The number of benzene rings is 2. The Kier molecular flexibility index (Phi) is 5.57. The van der Waals surface area contributed by atoms with E-state index in [0.29, 0.717) is 48.7 Å². The zero-order valence-electron chi connectivity index (χ0n) is 14.6. The van der Waals surface area contributed by atoms with Gasteiger partial charge in [0.05, 0.1) is 17.6 Å². The number of ether oxygens (including phenoxy) is 1. The van der Waals surface area contributed by atoms with E-state index in [1.165, 1.54) is 0 Å². The summed E-state index contributed by atoms with van der Waals surface area (Å²) < 4.78 is 5.70. The lowest BCUT2D eigenvalue weighted by molar-refractivity contribution is -0.143. The van der Waals surface area contributed by atoms with Crippen LogP contribution in [0.25, 0.3) is 0 Å². The molecule has 3 rings (SSSR count). The molecule has 0 aromatic heterocycles. The van der Waals surface area contributed by atoms with Crippen molar-refractivity contribution in [3.05, 3.63) is 54.1 Å². The van der Waals surface area contributed by atoms with E-state index in [1.807, 2.05) is 0 Å². The number of piperidine rings is 1. The number of amides is 2. The van der Waals surface area contributed by atoms with Gasteiger partial charge in [-0.3, -0.25) is 4.79 Å². The molecular weight excluding hydrogens is 346 g/mol.